The first-order valence-electron chi connectivity index (χ1n) is 4.76. The predicted octanol–water partition coefficient (Wildman–Crippen LogP) is -2.66. The van der Waals surface area contributed by atoms with Gasteiger partial charge in [0, 0.05) is 5.10 Å². The van der Waals surface area contributed by atoms with Crippen molar-refractivity contribution in [3.8, 4) is 0 Å². The van der Waals surface area contributed by atoms with Crippen molar-refractivity contribution < 1.29 is 9.24 Å². The topological polar surface area (TPSA) is 95.4 Å². The van der Waals surface area contributed by atoms with Gasteiger partial charge < -0.3 is 0 Å². The van der Waals surface area contributed by atoms with Gasteiger partial charge in [-0.2, -0.15) is 0 Å². The Bertz CT molecular complexity index is 437. The zero-order chi connectivity index (χ0) is 11.4. The summed E-state index contributed by atoms with van der Waals surface area (Å²) in [6.07, 6.45) is 10.6. The molecule has 4 N–H and O–H groups in total. The van der Waals surface area contributed by atoms with E-state index in [9.17, 15) is 0 Å². The van der Waals surface area contributed by atoms with Crippen LogP contribution in [0, 0.1) is 0 Å². The molecule has 0 aliphatic carbocycles. The van der Waals surface area contributed by atoms with Gasteiger partial charge in [0.25, 0.3) is 19.0 Å². The Hall–Kier alpha value is -2.38. The highest BCUT2D eigenvalue weighted by Gasteiger charge is 2.00. The van der Waals surface area contributed by atoms with Gasteiger partial charge in [-0.25, -0.2) is 4.57 Å². The molecule has 0 aromatic carbocycles. The van der Waals surface area contributed by atoms with E-state index in [1.165, 1.54) is 9.47 Å². The van der Waals surface area contributed by atoms with Crippen LogP contribution >= 0.6 is 0 Å². The maximum Gasteiger partial charge on any atom is 0.286 e. The van der Waals surface area contributed by atoms with E-state index in [0.29, 0.717) is 6.54 Å². The first kappa shape index (κ1) is 10.1. The molecule has 0 unspecified atom stereocenters. The van der Waals surface area contributed by atoms with Crippen molar-refractivity contribution in [2.45, 2.75) is 13.1 Å². The summed E-state index contributed by atoms with van der Waals surface area (Å²) in [4.78, 5) is 1.26. The Morgan fingerprint density at radius 1 is 1.19 bits per heavy atom. The third-order valence-electron chi connectivity index (χ3n) is 1.98. The molecule has 0 amide bonds. The van der Waals surface area contributed by atoms with Crippen LogP contribution in [0.2, 0.25) is 0 Å². The fourth-order valence-electron chi connectivity index (χ4n) is 1.24. The molecular weight excluding hydrogens is 208 g/mol. The van der Waals surface area contributed by atoms with Gasteiger partial charge in [0.1, 0.15) is 6.54 Å². The minimum absolute atomic E-state index is 0.682. The van der Waals surface area contributed by atoms with Crippen molar-refractivity contribution in [3.05, 3.63) is 37.5 Å². The zero-order valence-corrected chi connectivity index (χ0v) is 8.72. The van der Waals surface area contributed by atoms with E-state index in [1.807, 2.05) is 16.7 Å². The molecular formula is C8H14N8+2. The first-order chi connectivity index (χ1) is 7.74. The monoisotopic (exact) mass is 222 g/mol. The zero-order valence-electron chi connectivity index (χ0n) is 8.72. The molecule has 0 atom stereocenters. The van der Waals surface area contributed by atoms with Crippen LogP contribution in [0.1, 0.15) is 0 Å². The van der Waals surface area contributed by atoms with Gasteiger partial charge in [-0.3, -0.25) is 11.7 Å². The van der Waals surface area contributed by atoms with Gasteiger partial charge in [-0.15, -0.1) is 9.36 Å². The standard InChI is InChI=1S/C8H14N8/c9-14-6-11-15(8-14)4-2-1-3-13-5-12-16(10)7-13/h1-2,5-8H,3-4,9-10H2/q+2/b2-1+. The normalized spacial score (nSPS) is 11.2. The molecule has 2 rings (SSSR count). The minimum Gasteiger partial charge on any atom is -0.289 e. The lowest BCUT2D eigenvalue weighted by molar-refractivity contribution is -0.687. The van der Waals surface area contributed by atoms with Crippen LogP contribution in [0.5, 0.6) is 0 Å². The van der Waals surface area contributed by atoms with E-state index in [1.54, 1.807) is 30.0 Å². The number of nitrogens with two attached hydrogens (primary N) is 2. The lowest BCUT2D eigenvalue weighted by Gasteiger charge is -1.87. The smallest absolute Gasteiger partial charge is 0.286 e. The highest BCUT2D eigenvalue weighted by molar-refractivity contribution is 4.78. The minimum atomic E-state index is 0.682. The Morgan fingerprint density at radius 2 is 2.06 bits per heavy atom. The van der Waals surface area contributed by atoms with Crippen LogP contribution < -0.4 is 20.9 Å². The summed E-state index contributed by atoms with van der Waals surface area (Å²) in [5.74, 6) is 10.9. The molecule has 0 spiro atoms. The Kier molecular flexibility index (Phi) is 2.81. The third-order valence-corrected chi connectivity index (χ3v) is 1.98. The third kappa shape index (κ3) is 2.56. The van der Waals surface area contributed by atoms with Crippen LogP contribution in [0.4, 0.5) is 0 Å². The highest BCUT2D eigenvalue weighted by Crippen LogP contribution is 1.81. The SMILES string of the molecule is Nn1c[n+](C/C=C/Cn2c[n+](N)cn2)cn1. The second kappa shape index (κ2) is 4.43. The van der Waals surface area contributed by atoms with Crippen molar-refractivity contribution in [1.82, 2.24) is 19.7 Å². The molecule has 8 nitrogen and oxygen atoms in total. The summed E-state index contributed by atoms with van der Waals surface area (Å²) in [6.45, 7) is 1.41. The van der Waals surface area contributed by atoms with Crippen molar-refractivity contribution >= 4 is 0 Å². The molecule has 16 heavy (non-hydrogen) atoms. The molecule has 0 fully saturated rings. The van der Waals surface area contributed by atoms with Gasteiger partial charge >= 0.3 is 0 Å². The van der Waals surface area contributed by atoms with Crippen molar-refractivity contribution in [2.24, 2.45) is 0 Å². The maximum absolute atomic E-state index is 5.46. The number of nitrogen functional groups attached to an aromatic ring is 2. The number of hydrogen-bond donors (Lipinski definition) is 2. The van der Waals surface area contributed by atoms with Gasteiger partial charge in [0.2, 0.25) is 6.33 Å². The quantitative estimate of drug-likeness (QED) is 0.335. The van der Waals surface area contributed by atoms with Crippen molar-refractivity contribution in [1.29, 1.82) is 0 Å². The molecule has 0 radical (unpaired) electrons. The maximum atomic E-state index is 5.46. The van der Waals surface area contributed by atoms with E-state index in [2.05, 4.69) is 10.2 Å². The summed E-state index contributed by atoms with van der Waals surface area (Å²) in [5.41, 5.74) is 0. The number of hydrogen-bond acceptors (Lipinski definition) is 4. The van der Waals surface area contributed by atoms with Gasteiger partial charge in [-0.05, 0) is 10.9 Å². The molecule has 0 bridgehead atoms. The fourth-order valence-corrected chi connectivity index (χ4v) is 1.24. The van der Waals surface area contributed by atoms with Crippen LogP contribution in [-0.2, 0) is 13.1 Å². The predicted molar refractivity (Wildman–Crippen MR) is 54.3 cm³/mol. The van der Waals surface area contributed by atoms with E-state index in [-0.39, 0.29) is 0 Å². The van der Waals surface area contributed by atoms with Gasteiger partial charge in [0.05, 0.1) is 11.6 Å². The summed E-state index contributed by atoms with van der Waals surface area (Å²) < 4.78 is 5.00. The van der Waals surface area contributed by atoms with E-state index < -0.39 is 0 Å². The number of nitrogens with zero attached hydrogens (tertiary/aromatic N) is 6. The number of allylic oxidation sites excluding steroid dienone is 2. The lowest BCUT2D eigenvalue weighted by Crippen LogP contribution is -2.41. The van der Waals surface area contributed by atoms with Crippen LogP contribution in [-0.4, -0.2) is 19.7 Å². The molecule has 2 heterocycles. The second-order valence-electron chi connectivity index (χ2n) is 3.31. The molecule has 0 aliphatic heterocycles. The number of aromatic nitrogens is 6. The van der Waals surface area contributed by atoms with Crippen LogP contribution in [0.25, 0.3) is 0 Å². The van der Waals surface area contributed by atoms with E-state index in [4.69, 9.17) is 11.7 Å². The average Bonchev–Trinajstić information content (AvgIpc) is 2.83. The molecule has 84 valence electrons. The van der Waals surface area contributed by atoms with Crippen LogP contribution in [0.15, 0.2) is 37.5 Å². The van der Waals surface area contributed by atoms with Crippen molar-refractivity contribution in [2.75, 3.05) is 11.7 Å². The Balaban J connectivity index is 1.82. The highest BCUT2D eigenvalue weighted by atomic mass is 15.5. The van der Waals surface area contributed by atoms with Gasteiger partial charge in [-0.1, -0.05) is 6.08 Å². The fraction of sp³-hybridized carbons (Fsp3) is 0.250. The first-order valence-corrected chi connectivity index (χ1v) is 4.76. The molecule has 2 aromatic rings. The molecule has 2 aromatic heterocycles. The Labute approximate surface area is 92.0 Å². The lowest BCUT2D eigenvalue weighted by atomic mass is 10.5. The van der Waals surface area contributed by atoms with Gasteiger partial charge in [0.15, 0.2) is 0 Å². The summed E-state index contributed by atoms with van der Waals surface area (Å²) in [5, 5.41) is 7.87. The second-order valence-corrected chi connectivity index (χ2v) is 3.31. The van der Waals surface area contributed by atoms with E-state index in [0.717, 1.165) is 6.54 Å². The summed E-state index contributed by atoms with van der Waals surface area (Å²) >= 11 is 0. The van der Waals surface area contributed by atoms with Crippen molar-refractivity contribution in [3.63, 3.8) is 0 Å². The van der Waals surface area contributed by atoms with E-state index >= 15 is 0 Å². The summed E-state index contributed by atoms with van der Waals surface area (Å²) in [6, 6.07) is 0. The molecule has 0 saturated carbocycles. The average molecular weight is 222 g/mol. The molecule has 0 aliphatic rings. The summed E-state index contributed by atoms with van der Waals surface area (Å²) in [7, 11) is 0. The molecule has 8 heteroatoms. The largest absolute Gasteiger partial charge is 0.289 e. The van der Waals surface area contributed by atoms with Crippen LogP contribution in [0.3, 0.4) is 0 Å². The molecule has 0 saturated heterocycles. The Morgan fingerprint density at radius 3 is 2.69 bits per heavy atom. The number of rotatable bonds is 4.